The summed E-state index contributed by atoms with van der Waals surface area (Å²) < 4.78 is 35.2. The Morgan fingerprint density at radius 1 is 1.21 bits per heavy atom. The number of methoxy groups -OCH3 is 2. The van der Waals surface area contributed by atoms with Gasteiger partial charge < -0.3 is 14.4 Å². The second-order valence-corrected chi connectivity index (χ2v) is 11.5. The Morgan fingerprint density at radius 2 is 1.86 bits per heavy atom. The van der Waals surface area contributed by atoms with Crippen LogP contribution in [0.5, 0.6) is 11.5 Å². The number of ether oxygens (including phenoxy) is 2. The summed E-state index contributed by atoms with van der Waals surface area (Å²) in [5.41, 5.74) is -0.0872. The predicted octanol–water partition coefficient (Wildman–Crippen LogP) is 3.00. The van der Waals surface area contributed by atoms with Crippen molar-refractivity contribution >= 4 is 50.0 Å². The fourth-order valence-electron chi connectivity index (χ4n) is 3.13. The maximum Gasteiger partial charge on any atom is 0.253 e. The highest BCUT2D eigenvalue weighted by atomic mass is 35.5. The smallest absolute Gasteiger partial charge is 0.253 e. The molecule has 0 unspecified atom stereocenters. The zero-order chi connectivity index (χ0) is 20.9. The highest BCUT2D eigenvalue weighted by Gasteiger charge is 2.50. The van der Waals surface area contributed by atoms with E-state index in [1.807, 2.05) is 0 Å². The van der Waals surface area contributed by atoms with Gasteiger partial charge in [-0.05, 0) is 6.07 Å². The Labute approximate surface area is 174 Å². The molecule has 0 N–H and O–H groups in total. The molecule has 1 aromatic rings. The molecule has 3 rings (SSSR count). The summed E-state index contributed by atoms with van der Waals surface area (Å²) in [5, 5.41) is 0.612. The zero-order valence-electron chi connectivity index (χ0n) is 16.4. The number of aliphatic imine (C=N–C) groups is 1. The first-order chi connectivity index (χ1) is 13.0. The summed E-state index contributed by atoms with van der Waals surface area (Å²) in [4.78, 5) is 18.6. The molecular formula is C18H23ClN2O5S2. The van der Waals surface area contributed by atoms with Crippen LogP contribution < -0.4 is 14.4 Å². The van der Waals surface area contributed by atoms with E-state index in [0.29, 0.717) is 27.4 Å². The van der Waals surface area contributed by atoms with E-state index < -0.39 is 15.3 Å². The second-order valence-electron chi connectivity index (χ2n) is 7.78. The van der Waals surface area contributed by atoms with Crippen molar-refractivity contribution in [1.29, 1.82) is 0 Å². The zero-order valence-corrected chi connectivity index (χ0v) is 18.7. The van der Waals surface area contributed by atoms with Crippen LogP contribution in [0.25, 0.3) is 0 Å². The lowest BCUT2D eigenvalue weighted by Crippen LogP contribution is -2.38. The number of carbonyl (C=O) groups is 1. The number of amidine groups is 1. The molecule has 2 fully saturated rings. The molecule has 10 heteroatoms. The first kappa shape index (κ1) is 21.3. The number of sulfone groups is 1. The molecule has 2 aliphatic heterocycles. The number of halogens is 1. The molecule has 0 aliphatic carbocycles. The van der Waals surface area contributed by atoms with Gasteiger partial charge >= 0.3 is 0 Å². The largest absolute Gasteiger partial charge is 0.495 e. The fourth-order valence-corrected chi connectivity index (χ4v) is 7.27. The quantitative estimate of drug-likeness (QED) is 0.705. The van der Waals surface area contributed by atoms with Gasteiger partial charge in [0.05, 0.1) is 42.5 Å². The van der Waals surface area contributed by atoms with Crippen molar-refractivity contribution in [2.24, 2.45) is 10.4 Å². The van der Waals surface area contributed by atoms with Gasteiger partial charge in [-0.3, -0.25) is 4.79 Å². The lowest BCUT2D eigenvalue weighted by Gasteiger charge is -2.27. The summed E-state index contributed by atoms with van der Waals surface area (Å²) in [5.74, 6) is 0.659. The minimum absolute atomic E-state index is 0.0137. The molecule has 2 saturated heterocycles. The maximum absolute atomic E-state index is 12.5. The molecule has 2 atom stereocenters. The van der Waals surface area contributed by atoms with Crippen LogP contribution in [0.4, 0.5) is 5.69 Å². The predicted molar refractivity (Wildman–Crippen MR) is 113 cm³/mol. The molecule has 7 nitrogen and oxygen atoms in total. The Balaban J connectivity index is 2.14. The van der Waals surface area contributed by atoms with Gasteiger partial charge in [0.1, 0.15) is 11.5 Å². The Kier molecular flexibility index (Phi) is 5.64. The van der Waals surface area contributed by atoms with Gasteiger partial charge in [0.2, 0.25) is 0 Å². The number of fused-ring (bicyclic) bond motifs is 1. The van der Waals surface area contributed by atoms with E-state index in [9.17, 15) is 13.2 Å². The third-order valence-electron chi connectivity index (χ3n) is 4.62. The molecular weight excluding hydrogens is 424 g/mol. The van der Waals surface area contributed by atoms with Gasteiger partial charge in [0, 0.05) is 16.7 Å². The van der Waals surface area contributed by atoms with Crippen LogP contribution in [-0.4, -0.2) is 56.5 Å². The second kappa shape index (κ2) is 7.42. The third kappa shape index (κ3) is 3.97. The van der Waals surface area contributed by atoms with E-state index in [1.54, 1.807) is 37.8 Å². The average Bonchev–Trinajstić information content (AvgIpc) is 3.04. The molecule has 154 valence electrons. The Bertz CT molecular complexity index is 940. The van der Waals surface area contributed by atoms with Crippen molar-refractivity contribution in [1.82, 2.24) is 0 Å². The van der Waals surface area contributed by atoms with Crippen molar-refractivity contribution in [2.75, 3.05) is 30.6 Å². The van der Waals surface area contributed by atoms with E-state index in [4.69, 9.17) is 21.1 Å². The Hall–Kier alpha value is -1.45. The average molecular weight is 447 g/mol. The number of rotatable bonds is 3. The van der Waals surface area contributed by atoms with Crippen LogP contribution in [0.15, 0.2) is 17.1 Å². The Morgan fingerprint density at radius 3 is 2.43 bits per heavy atom. The van der Waals surface area contributed by atoms with Crippen LogP contribution >= 0.6 is 23.4 Å². The molecule has 0 saturated carbocycles. The highest BCUT2D eigenvalue weighted by molar-refractivity contribution is 8.16. The van der Waals surface area contributed by atoms with Gasteiger partial charge in [0.15, 0.2) is 15.0 Å². The summed E-state index contributed by atoms with van der Waals surface area (Å²) in [6.07, 6.45) is 0. The van der Waals surface area contributed by atoms with Crippen LogP contribution in [-0.2, 0) is 14.6 Å². The van der Waals surface area contributed by atoms with Gasteiger partial charge in [0.25, 0.3) is 5.91 Å². The monoisotopic (exact) mass is 446 g/mol. The normalized spacial score (nSPS) is 25.1. The van der Waals surface area contributed by atoms with Gasteiger partial charge in [-0.1, -0.05) is 44.1 Å². The lowest BCUT2D eigenvalue weighted by atomic mass is 9.96. The first-order valence-electron chi connectivity index (χ1n) is 8.68. The van der Waals surface area contributed by atoms with Gasteiger partial charge in [-0.2, -0.15) is 4.99 Å². The number of hydrogen-bond acceptors (Lipinski definition) is 6. The lowest BCUT2D eigenvalue weighted by molar-refractivity contribution is -0.124. The van der Waals surface area contributed by atoms with E-state index in [1.165, 1.54) is 26.0 Å². The van der Waals surface area contributed by atoms with E-state index >= 15 is 0 Å². The van der Waals surface area contributed by atoms with E-state index in [2.05, 4.69) is 4.99 Å². The summed E-state index contributed by atoms with van der Waals surface area (Å²) in [7, 11) is -0.160. The summed E-state index contributed by atoms with van der Waals surface area (Å²) >= 11 is 7.63. The molecule has 1 aromatic carbocycles. The molecule has 28 heavy (non-hydrogen) atoms. The number of thioether (sulfide) groups is 1. The van der Waals surface area contributed by atoms with Crippen LogP contribution in [0.3, 0.4) is 0 Å². The van der Waals surface area contributed by atoms with Crippen LogP contribution in [0.2, 0.25) is 5.02 Å². The van der Waals surface area contributed by atoms with E-state index in [-0.39, 0.29) is 28.7 Å². The van der Waals surface area contributed by atoms with Crippen LogP contribution in [0.1, 0.15) is 20.8 Å². The van der Waals surface area contributed by atoms with Gasteiger partial charge in [-0.15, -0.1) is 0 Å². The molecule has 2 heterocycles. The van der Waals surface area contributed by atoms with Crippen molar-refractivity contribution in [2.45, 2.75) is 32.1 Å². The number of benzene rings is 1. The van der Waals surface area contributed by atoms with E-state index in [0.717, 1.165) is 0 Å². The van der Waals surface area contributed by atoms with Crippen LogP contribution in [0, 0.1) is 5.41 Å². The maximum atomic E-state index is 12.5. The third-order valence-corrected chi connectivity index (χ3v) is 8.12. The minimum atomic E-state index is -3.17. The fraction of sp³-hybridized carbons (Fsp3) is 0.556. The molecule has 0 aromatic heterocycles. The highest BCUT2D eigenvalue weighted by Crippen LogP contribution is 2.46. The molecule has 1 amide bonds. The molecule has 2 aliphatic rings. The molecule has 0 bridgehead atoms. The topological polar surface area (TPSA) is 85.3 Å². The number of anilines is 1. The molecule has 0 radical (unpaired) electrons. The molecule has 0 spiro atoms. The summed E-state index contributed by atoms with van der Waals surface area (Å²) in [6.45, 7) is 5.37. The van der Waals surface area contributed by atoms with Crippen molar-refractivity contribution in [3.8, 4) is 11.5 Å². The number of carbonyl (C=O) groups excluding carboxylic acids is 1. The standard InChI is InChI=1S/C18H23ClN2O5S2/c1-18(2,3)16(22)20-17-21(12-8-28(23,24)9-15(12)27-17)11-6-10(19)13(25-4)7-14(11)26-5/h6-7,12,15H,8-9H2,1-5H3/t12-,15+/m1/s1. The minimum Gasteiger partial charge on any atom is -0.495 e. The SMILES string of the molecule is COc1cc(OC)c(N2C(=NC(=O)C(C)(C)C)S[C@H]3CS(=O)(=O)C[C@H]32)cc1Cl. The number of nitrogens with zero attached hydrogens (tertiary/aromatic N) is 2. The number of amides is 1. The van der Waals surface area contributed by atoms with Crippen molar-refractivity contribution in [3.05, 3.63) is 17.2 Å². The van der Waals surface area contributed by atoms with Crippen molar-refractivity contribution < 1.29 is 22.7 Å². The summed E-state index contributed by atoms with van der Waals surface area (Å²) in [6, 6.07) is 2.95. The van der Waals surface area contributed by atoms with Gasteiger partial charge in [-0.25, -0.2) is 8.42 Å². The van der Waals surface area contributed by atoms with Crippen molar-refractivity contribution in [3.63, 3.8) is 0 Å². The first-order valence-corrected chi connectivity index (χ1v) is 11.8. The number of hydrogen-bond donors (Lipinski definition) is 0.